The summed E-state index contributed by atoms with van der Waals surface area (Å²) in [6, 6.07) is 7.84. The van der Waals surface area contributed by atoms with Crippen LogP contribution < -0.4 is 11.1 Å². The lowest BCUT2D eigenvalue weighted by atomic mass is 10.1. The third kappa shape index (κ3) is 2.76. The van der Waals surface area contributed by atoms with Gasteiger partial charge in [0.2, 0.25) is 11.9 Å². The summed E-state index contributed by atoms with van der Waals surface area (Å²) < 4.78 is 2.01. The van der Waals surface area contributed by atoms with Crippen LogP contribution in [-0.4, -0.2) is 21.0 Å². The number of carbonyl (C=O) groups excluding carboxylic acids is 1. The van der Waals surface area contributed by atoms with E-state index in [1.807, 2.05) is 28.8 Å². The quantitative estimate of drug-likeness (QED) is 0.884. The summed E-state index contributed by atoms with van der Waals surface area (Å²) in [5.74, 6) is 0.326. The molecule has 102 valence electrons. The standard InChI is InChI=1S/C14H20N4O/c1-4-9-18-11-8-6-5-7-10(11)16-13(18)17-12(19)14(2,3)15/h5-8H,4,9,15H2,1-3H3,(H,16,17,19). The minimum atomic E-state index is -0.921. The van der Waals surface area contributed by atoms with E-state index in [1.54, 1.807) is 13.8 Å². The summed E-state index contributed by atoms with van der Waals surface area (Å²) in [6.07, 6.45) is 0.968. The molecule has 0 saturated heterocycles. The number of aromatic nitrogens is 2. The Bertz CT molecular complexity index is 595. The number of aryl methyl sites for hydroxylation is 1. The molecule has 1 aromatic carbocycles. The Hall–Kier alpha value is -1.88. The normalized spacial score (nSPS) is 11.8. The van der Waals surface area contributed by atoms with E-state index < -0.39 is 5.54 Å². The van der Waals surface area contributed by atoms with Gasteiger partial charge in [-0.05, 0) is 32.4 Å². The van der Waals surface area contributed by atoms with Gasteiger partial charge in [0.1, 0.15) is 0 Å². The SMILES string of the molecule is CCCn1c(NC(=O)C(C)(C)N)nc2ccccc21. The number of rotatable bonds is 4. The van der Waals surface area contributed by atoms with E-state index in [-0.39, 0.29) is 5.91 Å². The van der Waals surface area contributed by atoms with Crippen LogP contribution in [0.25, 0.3) is 11.0 Å². The Kier molecular flexibility index (Phi) is 3.57. The van der Waals surface area contributed by atoms with E-state index in [9.17, 15) is 4.79 Å². The van der Waals surface area contributed by atoms with Crippen LogP contribution in [0.15, 0.2) is 24.3 Å². The minimum absolute atomic E-state index is 0.236. The van der Waals surface area contributed by atoms with Crippen LogP contribution in [-0.2, 0) is 11.3 Å². The van der Waals surface area contributed by atoms with Gasteiger partial charge in [0, 0.05) is 6.54 Å². The number of hydrogen-bond donors (Lipinski definition) is 2. The van der Waals surface area contributed by atoms with Gasteiger partial charge in [-0.15, -0.1) is 0 Å². The van der Waals surface area contributed by atoms with Crippen molar-refractivity contribution in [1.29, 1.82) is 0 Å². The maximum Gasteiger partial charge on any atom is 0.246 e. The van der Waals surface area contributed by atoms with Crippen molar-refractivity contribution >= 4 is 22.9 Å². The molecule has 2 aromatic rings. The van der Waals surface area contributed by atoms with Gasteiger partial charge in [-0.3, -0.25) is 10.1 Å². The third-order valence-electron chi connectivity index (χ3n) is 2.91. The third-order valence-corrected chi connectivity index (χ3v) is 2.91. The molecule has 0 unspecified atom stereocenters. The number of carbonyl (C=O) groups is 1. The molecule has 0 radical (unpaired) electrons. The van der Waals surface area contributed by atoms with Crippen LogP contribution in [0.4, 0.5) is 5.95 Å². The number of imidazole rings is 1. The molecule has 19 heavy (non-hydrogen) atoms. The average Bonchev–Trinajstić information content (AvgIpc) is 2.67. The molecule has 3 N–H and O–H groups in total. The van der Waals surface area contributed by atoms with Gasteiger partial charge in [0.15, 0.2) is 0 Å². The van der Waals surface area contributed by atoms with Gasteiger partial charge >= 0.3 is 0 Å². The van der Waals surface area contributed by atoms with Crippen molar-refractivity contribution in [2.24, 2.45) is 5.73 Å². The zero-order chi connectivity index (χ0) is 14.0. The lowest BCUT2D eigenvalue weighted by Gasteiger charge is -2.18. The first-order valence-corrected chi connectivity index (χ1v) is 6.49. The van der Waals surface area contributed by atoms with Gasteiger partial charge in [-0.2, -0.15) is 0 Å². The molecule has 0 atom stereocenters. The predicted octanol–water partition coefficient (Wildman–Crippen LogP) is 2.12. The first-order chi connectivity index (χ1) is 8.93. The predicted molar refractivity (Wildman–Crippen MR) is 76.9 cm³/mol. The highest BCUT2D eigenvalue weighted by Gasteiger charge is 2.24. The molecule has 0 aliphatic heterocycles. The van der Waals surface area contributed by atoms with E-state index in [4.69, 9.17) is 5.73 Å². The molecule has 0 aliphatic carbocycles. The first-order valence-electron chi connectivity index (χ1n) is 6.49. The van der Waals surface area contributed by atoms with Crippen molar-refractivity contribution in [1.82, 2.24) is 9.55 Å². The monoisotopic (exact) mass is 260 g/mol. The number of nitrogens with one attached hydrogen (secondary N) is 1. The number of fused-ring (bicyclic) bond motifs is 1. The van der Waals surface area contributed by atoms with Gasteiger partial charge < -0.3 is 10.3 Å². The zero-order valence-corrected chi connectivity index (χ0v) is 11.6. The summed E-state index contributed by atoms with van der Waals surface area (Å²) in [5, 5.41) is 2.81. The molecule has 5 heteroatoms. The maximum atomic E-state index is 12.0. The van der Waals surface area contributed by atoms with E-state index >= 15 is 0 Å². The Labute approximate surface area is 112 Å². The highest BCUT2D eigenvalue weighted by atomic mass is 16.2. The molecule has 0 saturated carbocycles. The summed E-state index contributed by atoms with van der Waals surface area (Å²) in [7, 11) is 0. The highest BCUT2D eigenvalue weighted by Crippen LogP contribution is 2.20. The molecule has 1 amide bonds. The van der Waals surface area contributed by atoms with Crippen LogP contribution in [0.3, 0.4) is 0 Å². The fourth-order valence-corrected chi connectivity index (χ4v) is 1.88. The second-order valence-corrected chi connectivity index (χ2v) is 5.25. The Balaban J connectivity index is 2.42. The number of nitrogens with zero attached hydrogens (tertiary/aromatic N) is 2. The number of amides is 1. The van der Waals surface area contributed by atoms with Crippen molar-refractivity contribution in [3.8, 4) is 0 Å². The zero-order valence-electron chi connectivity index (χ0n) is 11.6. The summed E-state index contributed by atoms with van der Waals surface area (Å²) in [5.41, 5.74) is 6.77. The second kappa shape index (κ2) is 5.01. The number of nitrogens with two attached hydrogens (primary N) is 1. The molecule has 2 rings (SSSR count). The van der Waals surface area contributed by atoms with Crippen LogP contribution in [0.2, 0.25) is 0 Å². The van der Waals surface area contributed by atoms with E-state index in [1.165, 1.54) is 0 Å². The smallest absolute Gasteiger partial charge is 0.246 e. The number of para-hydroxylation sites is 2. The van der Waals surface area contributed by atoms with Gasteiger partial charge in [0.05, 0.1) is 16.6 Å². The largest absolute Gasteiger partial charge is 0.318 e. The Morgan fingerprint density at radius 3 is 2.74 bits per heavy atom. The van der Waals surface area contributed by atoms with Gasteiger partial charge in [-0.1, -0.05) is 19.1 Å². The number of anilines is 1. The molecule has 1 heterocycles. The molecule has 5 nitrogen and oxygen atoms in total. The average molecular weight is 260 g/mol. The van der Waals surface area contributed by atoms with Crippen molar-refractivity contribution in [3.05, 3.63) is 24.3 Å². The molecule has 1 aromatic heterocycles. The molecule has 0 bridgehead atoms. The van der Waals surface area contributed by atoms with Crippen LogP contribution in [0.1, 0.15) is 27.2 Å². The minimum Gasteiger partial charge on any atom is -0.318 e. The topological polar surface area (TPSA) is 72.9 Å². The van der Waals surface area contributed by atoms with E-state index in [2.05, 4.69) is 17.2 Å². The van der Waals surface area contributed by atoms with Crippen molar-refractivity contribution in [2.45, 2.75) is 39.3 Å². The van der Waals surface area contributed by atoms with Crippen LogP contribution in [0, 0.1) is 0 Å². The Morgan fingerprint density at radius 2 is 2.11 bits per heavy atom. The summed E-state index contributed by atoms with van der Waals surface area (Å²) in [4.78, 5) is 16.4. The molecule has 0 spiro atoms. The van der Waals surface area contributed by atoms with Gasteiger partial charge in [0.25, 0.3) is 0 Å². The fourth-order valence-electron chi connectivity index (χ4n) is 1.88. The van der Waals surface area contributed by atoms with E-state index in [0.29, 0.717) is 5.95 Å². The fraction of sp³-hybridized carbons (Fsp3) is 0.429. The summed E-state index contributed by atoms with van der Waals surface area (Å²) in [6.45, 7) is 6.25. The van der Waals surface area contributed by atoms with Crippen molar-refractivity contribution < 1.29 is 4.79 Å². The van der Waals surface area contributed by atoms with Crippen molar-refractivity contribution in [2.75, 3.05) is 5.32 Å². The molecular weight excluding hydrogens is 240 g/mol. The van der Waals surface area contributed by atoms with Crippen LogP contribution in [0.5, 0.6) is 0 Å². The number of hydrogen-bond acceptors (Lipinski definition) is 3. The maximum absolute atomic E-state index is 12.0. The van der Waals surface area contributed by atoms with Crippen LogP contribution >= 0.6 is 0 Å². The Morgan fingerprint density at radius 1 is 1.42 bits per heavy atom. The van der Waals surface area contributed by atoms with Gasteiger partial charge in [-0.25, -0.2) is 4.98 Å². The first kappa shape index (κ1) is 13.5. The molecule has 0 fully saturated rings. The lowest BCUT2D eigenvalue weighted by Crippen LogP contribution is -2.45. The number of benzene rings is 1. The van der Waals surface area contributed by atoms with Crippen molar-refractivity contribution in [3.63, 3.8) is 0 Å². The second-order valence-electron chi connectivity index (χ2n) is 5.25. The molecular formula is C14H20N4O. The lowest BCUT2D eigenvalue weighted by molar-refractivity contribution is -0.120. The van der Waals surface area contributed by atoms with E-state index in [0.717, 1.165) is 24.0 Å². The molecule has 0 aliphatic rings. The highest BCUT2D eigenvalue weighted by molar-refractivity contribution is 5.97. The summed E-state index contributed by atoms with van der Waals surface area (Å²) >= 11 is 0.